The van der Waals surface area contributed by atoms with Gasteiger partial charge in [0.2, 0.25) is 5.88 Å². The Labute approximate surface area is 114 Å². The van der Waals surface area contributed by atoms with Crippen LogP contribution in [-0.4, -0.2) is 15.9 Å². The maximum atomic E-state index is 11.0. The normalized spacial score (nSPS) is 10.2. The maximum absolute atomic E-state index is 11.0. The minimum Gasteiger partial charge on any atom is -0.472 e. The van der Waals surface area contributed by atoms with E-state index in [-0.39, 0.29) is 18.2 Å². The Morgan fingerprint density at radius 3 is 2.89 bits per heavy atom. The number of hydrogen-bond donors (Lipinski definition) is 2. The van der Waals surface area contributed by atoms with Crippen molar-refractivity contribution in [3.05, 3.63) is 46.9 Å². The molecule has 2 aromatic rings. The summed E-state index contributed by atoms with van der Waals surface area (Å²) in [5, 5.41) is 0.535. The molecule has 6 nitrogen and oxygen atoms in total. The number of nitrogen functional groups attached to an aromatic ring is 1. The van der Waals surface area contributed by atoms with Crippen molar-refractivity contribution in [3.8, 4) is 5.88 Å². The van der Waals surface area contributed by atoms with Crippen LogP contribution >= 0.6 is 11.6 Å². The van der Waals surface area contributed by atoms with Crippen molar-refractivity contribution in [3.63, 3.8) is 0 Å². The van der Waals surface area contributed by atoms with E-state index in [0.717, 1.165) is 0 Å². The van der Waals surface area contributed by atoms with Crippen LogP contribution in [0.1, 0.15) is 16.1 Å². The summed E-state index contributed by atoms with van der Waals surface area (Å²) < 4.78 is 5.40. The fourth-order valence-electron chi connectivity index (χ4n) is 1.39. The lowest BCUT2D eigenvalue weighted by molar-refractivity contribution is 0.0994. The van der Waals surface area contributed by atoms with Crippen LogP contribution in [0.25, 0.3) is 0 Å². The van der Waals surface area contributed by atoms with Gasteiger partial charge in [-0.2, -0.15) is 0 Å². The molecular weight excluding hydrogens is 268 g/mol. The molecule has 7 heteroatoms. The summed E-state index contributed by atoms with van der Waals surface area (Å²) in [6.45, 7) is 0.167. The van der Waals surface area contributed by atoms with E-state index in [1.165, 1.54) is 12.4 Å². The maximum Gasteiger partial charge on any atom is 0.269 e. The van der Waals surface area contributed by atoms with E-state index in [4.69, 9.17) is 27.8 Å². The smallest absolute Gasteiger partial charge is 0.269 e. The molecule has 0 aliphatic heterocycles. The Kier molecular flexibility index (Phi) is 3.82. The standard InChI is InChI=1S/C12H11ClN4O2/c13-9-2-1-8(14)3-7(9)6-19-11-5-16-4-10(17-11)12(15)18/h1-5H,6,14H2,(H2,15,18). The van der Waals surface area contributed by atoms with Gasteiger partial charge in [0.15, 0.2) is 0 Å². The lowest BCUT2D eigenvalue weighted by Crippen LogP contribution is -2.14. The molecule has 1 aromatic carbocycles. The number of rotatable bonds is 4. The third kappa shape index (κ3) is 3.32. The van der Waals surface area contributed by atoms with Gasteiger partial charge >= 0.3 is 0 Å². The summed E-state index contributed by atoms with van der Waals surface area (Å²) in [4.78, 5) is 18.7. The second-order valence-corrected chi connectivity index (χ2v) is 4.15. The molecule has 0 unspecified atom stereocenters. The zero-order valence-corrected chi connectivity index (χ0v) is 10.6. The molecule has 0 saturated carbocycles. The molecule has 0 aliphatic rings. The Morgan fingerprint density at radius 2 is 2.16 bits per heavy atom. The van der Waals surface area contributed by atoms with E-state index in [2.05, 4.69) is 9.97 Å². The number of carbonyl (C=O) groups excluding carboxylic acids is 1. The molecule has 1 amide bonds. The van der Waals surface area contributed by atoms with E-state index in [1.807, 2.05) is 0 Å². The van der Waals surface area contributed by atoms with Gasteiger partial charge in [0.25, 0.3) is 5.91 Å². The van der Waals surface area contributed by atoms with Crippen molar-refractivity contribution in [1.29, 1.82) is 0 Å². The van der Waals surface area contributed by atoms with Crippen LogP contribution in [0.5, 0.6) is 5.88 Å². The molecule has 0 aliphatic carbocycles. The highest BCUT2D eigenvalue weighted by molar-refractivity contribution is 6.31. The summed E-state index contributed by atoms with van der Waals surface area (Å²) in [5.74, 6) is -0.477. The number of nitrogens with zero attached hydrogens (tertiary/aromatic N) is 2. The van der Waals surface area contributed by atoms with Crippen LogP contribution in [0.4, 0.5) is 5.69 Å². The largest absolute Gasteiger partial charge is 0.472 e. The van der Waals surface area contributed by atoms with Crippen molar-refractivity contribution >= 4 is 23.2 Å². The average molecular weight is 279 g/mol. The van der Waals surface area contributed by atoms with Gasteiger partial charge in [-0.05, 0) is 18.2 Å². The number of hydrogen-bond acceptors (Lipinski definition) is 5. The first-order valence-corrected chi connectivity index (χ1v) is 5.72. The summed E-state index contributed by atoms with van der Waals surface area (Å²) >= 11 is 6.00. The molecule has 0 fully saturated rings. The molecular formula is C12H11ClN4O2. The summed E-state index contributed by atoms with van der Waals surface area (Å²) in [6.07, 6.45) is 2.65. The molecule has 0 bridgehead atoms. The van der Waals surface area contributed by atoms with Gasteiger partial charge < -0.3 is 16.2 Å². The van der Waals surface area contributed by atoms with E-state index >= 15 is 0 Å². The SMILES string of the molecule is NC(=O)c1cncc(OCc2cc(N)ccc2Cl)n1. The highest BCUT2D eigenvalue weighted by atomic mass is 35.5. The average Bonchev–Trinajstić information content (AvgIpc) is 2.40. The molecule has 0 atom stereocenters. The summed E-state index contributed by atoms with van der Waals surface area (Å²) in [6, 6.07) is 5.08. The van der Waals surface area contributed by atoms with Gasteiger partial charge in [-0.15, -0.1) is 0 Å². The molecule has 0 saturated heterocycles. The van der Waals surface area contributed by atoms with Crippen LogP contribution < -0.4 is 16.2 Å². The van der Waals surface area contributed by atoms with Crippen molar-refractivity contribution in [1.82, 2.24) is 9.97 Å². The minimum absolute atomic E-state index is 0.0381. The van der Waals surface area contributed by atoms with E-state index in [1.54, 1.807) is 18.2 Å². The number of nitrogens with two attached hydrogens (primary N) is 2. The number of carbonyl (C=O) groups is 1. The Morgan fingerprint density at radius 1 is 1.37 bits per heavy atom. The monoisotopic (exact) mass is 278 g/mol. The van der Waals surface area contributed by atoms with Crippen LogP contribution in [0.2, 0.25) is 5.02 Å². The zero-order chi connectivity index (χ0) is 13.8. The first kappa shape index (κ1) is 13.1. The number of primary amides is 1. The Balaban J connectivity index is 2.12. The molecule has 4 N–H and O–H groups in total. The third-order valence-electron chi connectivity index (χ3n) is 2.31. The summed E-state index contributed by atoms with van der Waals surface area (Å²) in [5.41, 5.74) is 12.1. The summed E-state index contributed by atoms with van der Waals surface area (Å²) in [7, 11) is 0. The second-order valence-electron chi connectivity index (χ2n) is 3.75. The second kappa shape index (κ2) is 5.53. The quantitative estimate of drug-likeness (QED) is 0.823. The molecule has 98 valence electrons. The van der Waals surface area contributed by atoms with Gasteiger partial charge in [0.05, 0.1) is 12.4 Å². The molecule has 0 radical (unpaired) electrons. The van der Waals surface area contributed by atoms with Crippen LogP contribution in [0.3, 0.4) is 0 Å². The molecule has 2 rings (SSSR count). The van der Waals surface area contributed by atoms with Gasteiger partial charge in [0.1, 0.15) is 12.3 Å². The Hall–Kier alpha value is -2.34. The van der Waals surface area contributed by atoms with E-state index < -0.39 is 5.91 Å². The predicted molar refractivity (Wildman–Crippen MR) is 70.7 cm³/mol. The predicted octanol–water partition coefficient (Wildman–Crippen LogP) is 1.39. The highest BCUT2D eigenvalue weighted by Crippen LogP contribution is 2.20. The van der Waals surface area contributed by atoms with Crippen LogP contribution in [0, 0.1) is 0 Å². The van der Waals surface area contributed by atoms with Crippen LogP contribution in [0.15, 0.2) is 30.6 Å². The lowest BCUT2D eigenvalue weighted by atomic mass is 10.2. The number of amides is 1. The molecule has 0 spiro atoms. The number of halogens is 1. The van der Waals surface area contributed by atoms with Crippen molar-refractivity contribution in [2.75, 3.05) is 5.73 Å². The van der Waals surface area contributed by atoms with Crippen molar-refractivity contribution in [2.24, 2.45) is 5.73 Å². The first-order chi connectivity index (χ1) is 9.06. The first-order valence-electron chi connectivity index (χ1n) is 5.35. The van der Waals surface area contributed by atoms with E-state index in [0.29, 0.717) is 16.3 Å². The number of anilines is 1. The van der Waals surface area contributed by atoms with E-state index in [9.17, 15) is 4.79 Å². The van der Waals surface area contributed by atoms with Gasteiger partial charge in [-0.1, -0.05) is 11.6 Å². The fourth-order valence-corrected chi connectivity index (χ4v) is 1.57. The molecule has 1 heterocycles. The Bertz CT molecular complexity index is 618. The third-order valence-corrected chi connectivity index (χ3v) is 2.68. The van der Waals surface area contributed by atoms with Crippen LogP contribution in [-0.2, 0) is 6.61 Å². The van der Waals surface area contributed by atoms with Crippen molar-refractivity contribution < 1.29 is 9.53 Å². The minimum atomic E-state index is -0.667. The number of aromatic nitrogens is 2. The van der Waals surface area contributed by atoms with Gasteiger partial charge in [-0.3, -0.25) is 9.78 Å². The molecule has 1 aromatic heterocycles. The lowest BCUT2D eigenvalue weighted by Gasteiger charge is -2.08. The van der Waals surface area contributed by atoms with Crippen molar-refractivity contribution in [2.45, 2.75) is 6.61 Å². The fraction of sp³-hybridized carbons (Fsp3) is 0.0833. The number of benzene rings is 1. The molecule has 19 heavy (non-hydrogen) atoms. The van der Waals surface area contributed by atoms with Gasteiger partial charge in [0, 0.05) is 16.3 Å². The number of ether oxygens (including phenoxy) is 1. The highest BCUT2D eigenvalue weighted by Gasteiger charge is 2.06. The topological polar surface area (TPSA) is 104 Å². The zero-order valence-electron chi connectivity index (χ0n) is 9.84. The van der Waals surface area contributed by atoms with Gasteiger partial charge in [-0.25, -0.2) is 4.98 Å².